The molecule has 1 aromatic rings. The Labute approximate surface area is 105 Å². The number of methoxy groups -OCH3 is 1. The van der Waals surface area contributed by atoms with E-state index in [1.54, 1.807) is 31.4 Å². The summed E-state index contributed by atoms with van der Waals surface area (Å²) in [5.41, 5.74) is 0.649. The third kappa shape index (κ3) is 2.74. The quantitative estimate of drug-likeness (QED) is 0.760. The topological polar surface area (TPSA) is 59.0 Å². The van der Waals surface area contributed by atoms with Gasteiger partial charge in [0.2, 0.25) is 5.91 Å². The van der Waals surface area contributed by atoms with E-state index in [2.05, 4.69) is 4.99 Å². The number of hydrogen-bond acceptors (Lipinski definition) is 4. The monoisotopic (exact) mass is 246 g/mol. The van der Waals surface area contributed by atoms with Crippen LogP contribution in [-0.2, 0) is 9.59 Å². The van der Waals surface area contributed by atoms with Gasteiger partial charge in [-0.25, -0.2) is 0 Å². The van der Waals surface area contributed by atoms with Crippen molar-refractivity contribution in [2.45, 2.75) is 12.8 Å². The molecule has 2 rings (SSSR count). The Balaban J connectivity index is 2.01. The summed E-state index contributed by atoms with van der Waals surface area (Å²) in [6, 6.07) is 7.01. The summed E-state index contributed by atoms with van der Waals surface area (Å²) in [7, 11) is 1.58. The minimum atomic E-state index is -0.353. The van der Waals surface area contributed by atoms with Crippen LogP contribution < -0.4 is 4.74 Å². The van der Waals surface area contributed by atoms with E-state index >= 15 is 0 Å². The zero-order valence-corrected chi connectivity index (χ0v) is 10.1. The molecule has 1 aliphatic heterocycles. The van der Waals surface area contributed by atoms with Crippen molar-refractivity contribution in [1.82, 2.24) is 4.90 Å². The number of likely N-dealkylation sites (tertiary alicyclic amines) is 1. The molecule has 0 radical (unpaired) electrons. The number of aliphatic imine (C=N–C) groups is 1. The van der Waals surface area contributed by atoms with Gasteiger partial charge in [-0.05, 0) is 30.7 Å². The maximum absolute atomic E-state index is 11.7. The molecule has 0 atom stereocenters. The predicted molar refractivity (Wildman–Crippen MR) is 67.1 cm³/mol. The van der Waals surface area contributed by atoms with E-state index in [1.807, 2.05) is 0 Å². The smallest absolute Gasteiger partial charge is 0.271 e. The van der Waals surface area contributed by atoms with Crippen LogP contribution in [0.25, 0.3) is 0 Å². The second kappa shape index (κ2) is 5.44. The standard InChI is InChI=1S/C13H14N2O3/c1-18-11-6-4-10(5-7-11)14-9-13(17)15-8-2-3-12(15)16/h4-7,9H,2-3,8H2,1H3. The second-order valence-electron chi connectivity index (χ2n) is 3.94. The number of amides is 2. The first-order chi connectivity index (χ1) is 8.70. The van der Waals surface area contributed by atoms with E-state index < -0.39 is 0 Å². The SMILES string of the molecule is COc1ccc(N=CC(=O)N2CCCC2=O)cc1. The Morgan fingerprint density at radius 1 is 1.39 bits per heavy atom. The number of imide groups is 1. The molecule has 94 valence electrons. The molecule has 5 heteroatoms. The minimum absolute atomic E-state index is 0.124. The highest BCUT2D eigenvalue weighted by Gasteiger charge is 2.24. The van der Waals surface area contributed by atoms with Crippen LogP contribution in [0, 0.1) is 0 Å². The van der Waals surface area contributed by atoms with Crippen LogP contribution in [0.2, 0.25) is 0 Å². The maximum atomic E-state index is 11.7. The van der Waals surface area contributed by atoms with Gasteiger partial charge in [0.05, 0.1) is 19.0 Å². The van der Waals surface area contributed by atoms with Crippen LogP contribution in [0.15, 0.2) is 29.3 Å². The highest BCUT2D eigenvalue weighted by atomic mass is 16.5. The number of rotatable bonds is 3. The van der Waals surface area contributed by atoms with Gasteiger partial charge in [0, 0.05) is 13.0 Å². The molecule has 5 nitrogen and oxygen atoms in total. The average molecular weight is 246 g/mol. The van der Waals surface area contributed by atoms with Crippen molar-refractivity contribution in [3.8, 4) is 5.75 Å². The fourth-order valence-electron chi connectivity index (χ4n) is 1.75. The molecule has 1 heterocycles. The van der Waals surface area contributed by atoms with E-state index in [1.165, 1.54) is 11.1 Å². The zero-order valence-electron chi connectivity index (χ0n) is 10.1. The average Bonchev–Trinajstić information content (AvgIpc) is 2.83. The maximum Gasteiger partial charge on any atom is 0.271 e. The predicted octanol–water partition coefficient (Wildman–Crippen LogP) is 1.55. The number of carbonyl (C=O) groups excluding carboxylic acids is 2. The summed E-state index contributed by atoms with van der Waals surface area (Å²) in [4.78, 5) is 28.3. The largest absolute Gasteiger partial charge is 0.497 e. The number of carbonyl (C=O) groups is 2. The number of ether oxygens (including phenoxy) is 1. The van der Waals surface area contributed by atoms with Crippen molar-refractivity contribution in [1.29, 1.82) is 0 Å². The summed E-state index contributed by atoms with van der Waals surface area (Å²) < 4.78 is 5.02. The Hall–Kier alpha value is -2.17. The second-order valence-corrected chi connectivity index (χ2v) is 3.94. The zero-order chi connectivity index (χ0) is 13.0. The first-order valence-electron chi connectivity index (χ1n) is 5.73. The number of benzene rings is 1. The van der Waals surface area contributed by atoms with Crippen LogP contribution in [-0.4, -0.2) is 36.6 Å². The summed E-state index contributed by atoms with van der Waals surface area (Å²) in [5.74, 6) is 0.254. The molecule has 0 aliphatic carbocycles. The molecule has 0 saturated carbocycles. The molecule has 2 amide bonds. The summed E-state index contributed by atoms with van der Waals surface area (Å²) in [6.07, 6.45) is 2.37. The van der Waals surface area contributed by atoms with Crippen LogP contribution in [0.5, 0.6) is 5.75 Å². The number of nitrogens with zero attached hydrogens (tertiary/aromatic N) is 2. The fourth-order valence-corrected chi connectivity index (χ4v) is 1.75. The molecule has 0 spiro atoms. The fraction of sp³-hybridized carbons (Fsp3) is 0.308. The molecule has 18 heavy (non-hydrogen) atoms. The van der Waals surface area contributed by atoms with Gasteiger partial charge < -0.3 is 4.74 Å². The van der Waals surface area contributed by atoms with Crippen LogP contribution >= 0.6 is 0 Å². The third-order valence-corrected chi connectivity index (χ3v) is 2.74. The first kappa shape index (κ1) is 12.3. The van der Waals surface area contributed by atoms with Gasteiger partial charge >= 0.3 is 0 Å². The van der Waals surface area contributed by atoms with Gasteiger partial charge in [-0.15, -0.1) is 0 Å². The summed E-state index contributed by atoms with van der Waals surface area (Å²) in [5, 5.41) is 0. The molecule has 0 N–H and O–H groups in total. The van der Waals surface area contributed by atoms with Crippen LogP contribution in [0.4, 0.5) is 5.69 Å². The molecule has 0 aromatic heterocycles. The molecule has 1 saturated heterocycles. The molecule has 0 unspecified atom stereocenters. The van der Waals surface area contributed by atoms with Crippen LogP contribution in [0.3, 0.4) is 0 Å². The lowest BCUT2D eigenvalue weighted by Crippen LogP contribution is -2.32. The number of hydrogen-bond donors (Lipinski definition) is 0. The van der Waals surface area contributed by atoms with Crippen molar-refractivity contribution < 1.29 is 14.3 Å². The lowest BCUT2D eigenvalue weighted by atomic mass is 10.3. The Morgan fingerprint density at radius 3 is 2.67 bits per heavy atom. The van der Waals surface area contributed by atoms with Gasteiger partial charge in [-0.1, -0.05) is 0 Å². The van der Waals surface area contributed by atoms with Gasteiger partial charge in [0.15, 0.2) is 0 Å². The third-order valence-electron chi connectivity index (χ3n) is 2.74. The molecule has 1 aliphatic rings. The van der Waals surface area contributed by atoms with E-state index in [0.717, 1.165) is 12.2 Å². The molecule has 1 fully saturated rings. The Kier molecular flexibility index (Phi) is 3.72. The molecular formula is C13H14N2O3. The molecular weight excluding hydrogens is 232 g/mol. The highest BCUT2D eigenvalue weighted by Crippen LogP contribution is 2.17. The highest BCUT2D eigenvalue weighted by molar-refractivity contribution is 6.30. The molecule has 1 aromatic carbocycles. The van der Waals surface area contributed by atoms with Gasteiger partial charge in [-0.3, -0.25) is 19.5 Å². The van der Waals surface area contributed by atoms with Crippen molar-refractivity contribution in [3.05, 3.63) is 24.3 Å². The van der Waals surface area contributed by atoms with Crippen molar-refractivity contribution in [3.63, 3.8) is 0 Å². The van der Waals surface area contributed by atoms with E-state index in [-0.39, 0.29) is 11.8 Å². The van der Waals surface area contributed by atoms with E-state index in [4.69, 9.17) is 4.74 Å². The summed E-state index contributed by atoms with van der Waals surface area (Å²) >= 11 is 0. The first-order valence-corrected chi connectivity index (χ1v) is 5.73. The van der Waals surface area contributed by atoms with E-state index in [9.17, 15) is 9.59 Å². The lowest BCUT2D eigenvalue weighted by Gasteiger charge is -2.09. The molecule has 0 bridgehead atoms. The van der Waals surface area contributed by atoms with Crippen LogP contribution in [0.1, 0.15) is 12.8 Å². The minimum Gasteiger partial charge on any atom is -0.497 e. The van der Waals surface area contributed by atoms with Gasteiger partial charge in [0.1, 0.15) is 5.75 Å². The normalized spacial score (nSPS) is 15.4. The lowest BCUT2D eigenvalue weighted by molar-refractivity contribution is -0.137. The Morgan fingerprint density at radius 2 is 2.11 bits per heavy atom. The summed E-state index contributed by atoms with van der Waals surface area (Å²) in [6.45, 7) is 0.492. The van der Waals surface area contributed by atoms with Crippen molar-refractivity contribution >= 4 is 23.7 Å². The van der Waals surface area contributed by atoms with Crippen molar-refractivity contribution in [2.24, 2.45) is 4.99 Å². The van der Waals surface area contributed by atoms with E-state index in [0.29, 0.717) is 18.7 Å². The van der Waals surface area contributed by atoms with Gasteiger partial charge in [-0.2, -0.15) is 0 Å². The van der Waals surface area contributed by atoms with Crippen molar-refractivity contribution in [2.75, 3.05) is 13.7 Å². The van der Waals surface area contributed by atoms with Gasteiger partial charge in [0.25, 0.3) is 5.91 Å². The Bertz CT molecular complexity index is 480.